The largest absolute Gasteiger partial charge is 0.507 e. The Bertz CT molecular complexity index is 381. The summed E-state index contributed by atoms with van der Waals surface area (Å²) in [6.07, 6.45) is 0.240. The summed E-state index contributed by atoms with van der Waals surface area (Å²) in [5.41, 5.74) is 6.51. The minimum absolute atomic E-state index is 0.0932. The van der Waals surface area contributed by atoms with Gasteiger partial charge < -0.3 is 15.6 Å². The standard InChI is InChI=1S/C11H14BrNO3/c1-16-11(15)5-8(6-13)7-2-3-10(14)9(12)4-7/h2-4,8,14H,5-6,13H2,1H3. The Balaban J connectivity index is 2.86. The van der Waals surface area contributed by atoms with Crippen molar-refractivity contribution in [2.75, 3.05) is 13.7 Å². The lowest BCUT2D eigenvalue weighted by atomic mass is 9.96. The molecule has 5 heteroatoms. The highest BCUT2D eigenvalue weighted by Crippen LogP contribution is 2.28. The monoisotopic (exact) mass is 287 g/mol. The molecule has 1 rings (SSSR count). The smallest absolute Gasteiger partial charge is 0.306 e. The molecule has 16 heavy (non-hydrogen) atoms. The van der Waals surface area contributed by atoms with Gasteiger partial charge in [0.1, 0.15) is 5.75 Å². The maximum absolute atomic E-state index is 11.2. The van der Waals surface area contributed by atoms with Crippen LogP contribution in [0, 0.1) is 0 Å². The molecule has 0 bridgehead atoms. The second kappa shape index (κ2) is 5.86. The molecule has 0 fully saturated rings. The number of phenols is 1. The van der Waals surface area contributed by atoms with E-state index in [2.05, 4.69) is 20.7 Å². The molecule has 0 saturated carbocycles. The number of ether oxygens (including phenoxy) is 1. The zero-order chi connectivity index (χ0) is 12.1. The van der Waals surface area contributed by atoms with Crippen molar-refractivity contribution in [3.8, 4) is 5.75 Å². The van der Waals surface area contributed by atoms with Gasteiger partial charge in [-0.1, -0.05) is 6.07 Å². The fourth-order valence-electron chi connectivity index (χ4n) is 1.40. The number of phenolic OH excluding ortho intramolecular Hbond substituents is 1. The average molecular weight is 288 g/mol. The lowest BCUT2D eigenvalue weighted by Crippen LogP contribution is -2.17. The van der Waals surface area contributed by atoms with Crippen LogP contribution in [0.4, 0.5) is 0 Å². The van der Waals surface area contributed by atoms with E-state index in [1.807, 2.05) is 0 Å². The molecule has 0 spiro atoms. The van der Waals surface area contributed by atoms with E-state index in [9.17, 15) is 9.90 Å². The van der Waals surface area contributed by atoms with Gasteiger partial charge in [0.25, 0.3) is 0 Å². The van der Waals surface area contributed by atoms with Crippen LogP contribution < -0.4 is 5.73 Å². The van der Waals surface area contributed by atoms with Crippen molar-refractivity contribution in [2.24, 2.45) is 5.73 Å². The molecule has 4 nitrogen and oxygen atoms in total. The van der Waals surface area contributed by atoms with Crippen molar-refractivity contribution in [2.45, 2.75) is 12.3 Å². The second-order valence-electron chi connectivity index (χ2n) is 3.42. The zero-order valence-corrected chi connectivity index (χ0v) is 10.5. The van der Waals surface area contributed by atoms with E-state index in [1.165, 1.54) is 7.11 Å². The minimum Gasteiger partial charge on any atom is -0.507 e. The molecule has 1 aromatic rings. The van der Waals surface area contributed by atoms with Crippen molar-refractivity contribution in [1.82, 2.24) is 0 Å². The summed E-state index contributed by atoms with van der Waals surface area (Å²) in [5, 5.41) is 9.36. The highest BCUT2D eigenvalue weighted by atomic mass is 79.9. The summed E-state index contributed by atoms with van der Waals surface area (Å²) >= 11 is 3.22. The highest BCUT2D eigenvalue weighted by Gasteiger charge is 2.15. The number of methoxy groups -OCH3 is 1. The van der Waals surface area contributed by atoms with Crippen LogP contribution in [-0.4, -0.2) is 24.7 Å². The molecule has 0 aromatic heterocycles. The van der Waals surface area contributed by atoms with Crippen LogP contribution in [0.2, 0.25) is 0 Å². The topological polar surface area (TPSA) is 72.5 Å². The summed E-state index contributed by atoms with van der Waals surface area (Å²) < 4.78 is 5.19. The molecule has 0 radical (unpaired) electrons. The molecule has 0 aliphatic rings. The van der Waals surface area contributed by atoms with E-state index in [-0.39, 0.29) is 24.1 Å². The maximum atomic E-state index is 11.2. The van der Waals surface area contributed by atoms with Gasteiger partial charge in [-0.15, -0.1) is 0 Å². The van der Waals surface area contributed by atoms with Crippen LogP contribution >= 0.6 is 15.9 Å². The molecule has 0 aliphatic heterocycles. The Labute approximate surface area is 103 Å². The predicted molar refractivity (Wildman–Crippen MR) is 64.2 cm³/mol. The third-order valence-electron chi connectivity index (χ3n) is 2.37. The van der Waals surface area contributed by atoms with Crippen molar-refractivity contribution in [3.63, 3.8) is 0 Å². The summed E-state index contributed by atoms with van der Waals surface area (Å²) in [5.74, 6) is -0.221. The van der Waals surface area contributed by atoms with Gasteiger partial charge >= 0.3 is 5.97 Å². The van der Waals surface area contributed by atoms with E-state index in [4.69, 9.17) is 5.73 Å². The first-order chi connectivity index (χ1) is 7.58. The highest BCUT2D eigenvalue weighted by molar-refractivity contribution is 9.10. The molecule has 1 aromatic carbocycles. The van der Waals surface area contributed by atoms with Gasteiger partial charge in [0.05, 0.1) is 18.0 Å². The maximum Gasteiger partial charge on any atom is 0.306 e. The molecule has 1 atom stereocenters. The molecule has 88 valence electrons. The summed E-state index contributed by atoms with van der Waals surface area (Å²) in [6, 6.07) is 5.08. The van der Waals surface area contributed by atoms with Crippen LogP contribution in [0.5, 0.6) is 5.75 Å². The Morgan fingerprint density at radius 3 is 2.81 bits per heavy atom. The number of hydrogen-bond acceptors (Lipinski definition) is 4. The number of nitrogens with two attached hydrogens (primary N) is 1. The first-order valence-corrected chi connectivity index (χ1v) is 5.63. The van der Waals surface area contributed by atoms with Crippen LogP contribution in [0.15, 0.2) is 22.7 Å². The van der Waals surface area contributed by atoms with E-state index < -0.39 is 0 Å². The summed E-state index contributed by atoms with van der Waals surface area (Å²) in [7, 11) is 1.35. The number of hydrogen-bond donors (Lipinski definition) is 2. The lowest BCUT2D eigenvalue weighted by molar-refractivity contribution is -0.141. The van der Waals surface area contributed by atoms with Gasteiger partial charge in [0, 0.05) is 5.92 Å². The Morgan fingerprint density at radius 2 is 2.31 bits per heavy atom. The minimum atomic E-state index is -0.292. The Morgan fingerprint density at radius 1 is 1.62 bits per heavy atom. The van der Waals surface area contributed by atoms with Gasteiger partial charge in [-0.2, -0.15) is 0 Å². The SMILES string of the molecule is COC(=O)CC(CN)c1ccc(O)c(Br)c1. The van der Waals surface area contributed by atoms with Gasteiger partial charge in [0.15, 0.2) is 0 Å². The zero-order valence-electron chi connectivity index (χ0n) is 8.94. The van der Waals surface area contributed by atoms with E-state index in [0.717, 1.165) is 5.56 Å². The van der Waals surface area contributed by atoms with Gasteiger partial charge in [-0.25, -0.2) is 0 Å². The summed E-state index contributed by atoms with van der Waals surface area (Å²) in [4.78, 5) is 11.2. The number of esters is 1. The Hall–Kier alpha value is -1.07. The molecule has 0 heterocycles. The first-order valence-electron chi connectivity index (χ1n) is 4.83. The molecule has 0 aliphatic carbocycles. The fraction of sp³-hybridized carbons (Fsp3) is 0.364. The molecular formula is C11H14BrNO3. The number of carbonyl (C=O) groups excluding carboxylic acids is 1. The van der Waals surface area contributed by atoms with Crippen molar-refractivity contribution < 1.29 is 14.6 Å². The van der Waals surface area contributed by atoms with Gasteiger partial charge in [-0.3, -0.25) is 4.79 Å². The predicted octanol–water partition coefficient (Wildman–Crippen LogP) is 1.76. The molecule has 1 unspecified atom stereocenters. The number of carbonyl (C=O) groups is 1. The third kappa shape index (κ3) is 3.21. The lowest BCUT2D eigenvalue weighted by Gasteiger charge is -2.14. The third-order valence-corrected chi connectivity index (χ3v) is 3.00. The normalized spacial score (nSPS) is 12.2. The van der Waals surface area contributed by atoms with Gasteiger partial charge in [0.2, 0.25) is 0 Å². The van der Waals surface area contributed by atoms with Gasteiger partial charge in [-0.05, 0) is 40.2 Å². The van der Waals surface area contributed by atoms with Crippen LogP contribution in [-0.2, 0) is 9.53 Å². The fourth-order valence-corrected chi connectivity index (χ4v) is 1.80. The molecular weight excluding hydrogens is 274 g/mol. The van der Waals surface area contributed by atoms with Crippen molar-refractivity contribution >= 4 is 21.9 Å². The number of aromatic hydroxyl groups is 1. The molecule has 3 N–H and O–H groups in total. The number of halogens is 1. The average Bonchev–Trinajstić information content (AvgIpc) is 2.29. The van der Waals surface area contributed by atoms with E-state index >= 15 is 0 Å². The Kier molecular flexibility index (Phi) is 4.76. The number of benzene rings is 1. The quantitative estimate of drug-likeness (QED) is 0.828. The molecule has 0 amide bonds. The van der Waals surface area contributed by atoms with Crippen molar-refractivity contribution in [1.29, 1.82) is 0 Å². The van der Waals surface area contributed by atoms with E-state index in [1.54, 1.807) is 18.2 Å². The summed E-state index contributed by atoms with van der Waals surface area (Å²) in [6.45, 7) is 0.353. The van der Waals surface area contributed by atoms with Crippen LogP contribution in [0.3, 0.4) is 0 Å². The first kappa shape index (κ1) is 13.0. The van der Waals surface area contributed by atoms with Crippen molar-refractivity contribution in [3.05, 3.63) is 28.2 Å². The van der Waals surface area contributed by atoms with Crippen LogP contribution in [0.1, 0.15) is 17.9 Å². The number of rotatable bonds is 4. The molecule has 0 saturated heterocycles. The second-order valence-corrected chi connectivity index (χ2v) is 4.28. The van der Waals surface area contributed by atoms with E-state index in [0.29, 0.717) is 11.0 Å². The van der Waals surface area contributed by atoms with Crippen LogP contribution in [0.25, 0.3) is 0 Å².